The van der Waals surface area contributed by atoms with Crippen LogP contribution in [-0.4, -0.2) is 53.7 Å². The number of aryl methyl sites for hydroxylation is 1. The molecule has 0 bridgehead atoms. The van der Waals surface area contributed by atoms with Crippen molar-refractivity contribution in [3.63, 3.8) is 0 Å². The Bertz CT molecular complexity index is 625. The molecule has 0 aliphatic heterocycles. The third-order valence-corrected chi connectivity index (χ3v) is 4.46. The second kappa shape index (κ2) is 10.5. The van der Waals surface area contributed by atoms with Gasteiger partial charge in [0.05, 0.1) is 12.2 Å². The van der Waals surface area contributed by atoms with Crippen molar-refractivity contribution in [1.82, 2.24) is 9.88 Å². The monoisotopic (exact) mass is 380 g/mol. The van der Waals surface area contributed by atoms with Gasteiger partial charge in [-0.05, 0) is 79.1 Å². The molecular weight excluding hydrogens is 344 g/mol. The molecule has 154 valence electrons. The SMILES string of the molecule is CCOC(=O)c1c(CCCCN(CC)CC)[nH]c(C(=O)OC(C)(C)C)c1C. The first kappa shape index (κ1) is 23.2. The quantitative estimate of drug-likeness (QED) is 0.488. The number of nitrogens with zero attached hydrogens (tertiary/aromatic N) is 1. The summed E-state index contributed by atoms with van der Waals surface area (Å²) in [5.74, 6) is -0.834. The molecule has 0 saturated carbocycles. The van der Waals surface area contributed by atoms with E-state index in [-0.39, 0.29) is 5.97 Å². The molecule has 0 unspecified atom stereocenters. The minimum absolute atomic E-state index is 0.298. The van der Waals surface area contributed by atoms with Crippen molar-refractivity contribution in [3.8, 4) is 0 Å². The number of hydrogen-bond acceptors (Lipinski definition) is 5. The zero-order chi connectivity index (χ0) is 20.6. The Kier molecular flexibility index (Phi) is 9.03. The van der Waals surface area contributed by atoms with Crippen molar-refractivity contribution >= 4 is 11.9 Å². The molecule has 6 nitrogen and oxygen atoms in total. The molecule has 0 amide bonds. The first-order valence-electron chi connectivity index (χ1n) is 9.98. The van der Waals surface area contributed by atoms with E-state index in [2.05, 4.69) is 23.7 Å². The van der Waals surface area contributed by atoms with Crippen LogP contribution in [0.3, 0.4) is 0 Å². The lowest BCUT2D eigenvalue weighted by molar-refractivity contribution is 0.00625. The summed E-state index contributed by atoms with van der Waals surface area (Å²) >= 11 is 0. The molecule has 1 aromatic rings. The summed E-state index contributed by atoms with van der Waals surface area (Å²) < 4.78 is 10.7. The Morgan fingerprint density at radius 3 is 2.19 bits per heavy atom. The second-order valence-electron chi connectivity index (χ2n) is 7.68. The van der Waals surface area contributed by atoms with Crippen LogP contribution in [0.25, 0.3) is 0 Å². The van der Waals surface area contributed by atoms with Crippen molar-refractivity contribution in [2.45, 2.75) is 73.3 Å². The number of nitrogens with one attached hydrogen (secondary N) is 1. The summed E-state index contributed by atoms with van der Waals surface area (Å²) in [4.78, 5) is 30.5. The van der Waals surface area contributed by atoms with Gasteiger partial charge in [0.2, 0.25) is 0 Å². The van der Waals surface area contributed by atoms with E-state index in [1.165, 1.54) is 0 Å². The number of carbonyl (C=O) groups excluding carboxylic acids is 2. The van der Waals surface area contributed by atoms with E-state index in [4.69, 9.17) is 9.47 Å². The van der Waals surface area contributed by atoms with Crippen LogP contribution in [0.5, 0.6) is 0 Å². The van der Waals surface area contributed by atoms with Crippen LogP contribution in [0.4, 0.5) is 0 Å². The predicted molar refractivity (Wildman–Crippen MR) is 107 cm³/mol. The van der Waals surface area contributed by atoms with E-state index in [0.717, 1.165) is 38.2 Å². The number of esters is 2. The van der Waals surface area contributed by atoms with Gasteiger partial charge in [-0.2, -0.15) is 0 Å². The lowest BCUT2D eigenvalue weighted by atomic mass is 10.1. The number of ether oxygens (including phenoxy) is 2. The summed E-state index contributed by atoms with van der Waals surface area (Å²) in [6.07, 6.45) is 2.65. The van der Waals surface area contributed by atoms with E-state index >= 15 is 0 Å². The molecule has 1 rings (SSSR count). The summed E-state index contributed by atoms with van der Waals surface area (Å²) in [5, 5.41) is 0. The van der Waals surface area contributed by atoms with Crippen LogP contribution in [0.15, 0.2) is 0 Å². The summed E-state index contributed by atoms with van der Waals surface area (Å²) in [6, 6.07) is 0. The zero-order valence-electron chi connectivity index (χ0n) is 18.0. The highest BCUT2D eigenvalue weighted by molar-refractivity contribution is 5.98. The van der Waals surface area contributed by atoms with Crippen LogP contribution in [0.1, 0.15) is 86.5 Å². The van der Waals surface area contributed by atoms with Gasteiger partial charge in [0.1, 0.15) is 11.3 Å². The Morgan fingerprint density at radius 2 is 1.67 bits per heavy atom. The summed E-state index contributed by atoms with van der Waals surface area (Å²) in [7, 11) is 0. The van der Waals surface area contributed by atoms with Crippen molar-refractivity contribution in [2.75, 3.05) is 26.2 Å². The van der Waals surface area contributed by atoms with E-state index in [1.807, 2.05) is 20.8 Å². The molecule has 0 fully saturated rings. The van der Waals surface area contributed by atoms with Crippen LogP contribution in [0.2, 0.25) is 0 Å². The average molecular weight is 381 g/mol. The van der Waals surface area contributed by atoms with Crippen LogP contribution in [-0.2, 0) is 15.9 Å². The Morgan fingerprint density at radius 1 is 1.04 bits per heavy atom. The van der Waals surface area contributed by atoms with Crippen LogP contribution < -0.4 is 0 Å². The van der Waals surface area contributed by atoms with E-state index in [1.54, 1.807) is 13.8 Å². The second-order valence-corrected chi connectivity index (χ2v) is 7.68. The molecule has 0 spiro atoms. The number of aromatic nitrogens is 1. The standard InChI is InChI=1S/C21H36N2O4/c1-8-23(9-2)14-12-11-13-16-17(19(24)26-10-3)15(4)18(22-16)20(25)27-21(5,6)7/h22H,8-14H2,1-7H3. The van der Waals surface area contributed by atoms with E-state index < -0.39 is 11.6 Å². The van der Waals surface area contributed by atoms with Crippen molar-refractivity contribution in [2.24, 2.45) is 0 Å². The van der Waals surface area contributed by atoms with E-state index in [0.29, 0.717) is 29.8 Å². The van der Waals surface area contributed by atoms with Crippen molar-refractivity contribution in [1.29, 1.82) is 0 Å². The highest BCUT2D eigenvalue weighted by atomic mass is 16.6. The topological polar surface area (TPSA) is 71.6 Å². The molecular formula is C21H36N2O4. The van der Waals surface area contributed by atoms with Crippen LogP contribution in [0, 0.1) is 6.92 Å². The van der Waals surface area contributed by atoms with Crippen molar-refractivity contribution < 1.29 is 19.1 Å². The number of rotatable bonds is 10. The van der Waals surface area contributed by atoms with E-state index in [9.17, 15) is 9.59 Å². The molecule has 0 aliphatic rings. The van der Waals surface area contributed by atoms with Gasteiger partial charge in [0, 0.05) is 5.69 Å². The Labute approximate surface area is 163 Å². The third kappa shape index (κ3) is 7.01. The lowest BCUT2D eigenvalue weighted by Gasteiger charge is -2.19. The van der Waals surface area contributed by atoms with Gasteiger partial charge in [0.25, 0.3) is 0 Å². The fourth-order valence-corrected chi connectivity index (χ4v) is 3.04. The minimum atomic E-state index is -0.595. The van der Waals surface area contributed by atoms with Gasteiger partial charge < -0.3 is 19.4 Å². The maximum Gasteiger partial charge on any atom is 0.355 e. The molecule has 0 radical (unpaired) electrons. The number of H-pyrrole nitrogens is 1. The first-order valence-corrected chi connectivity index (χ1v) is 9.98. The fraction of sp³-hybridized carbons (Fsp3) is 0.714. The number of unbranched alkanes of at least 4 members (excludes halogenated alkanes) is 1. The highest BCUT2D eigenvalue weighted by Gasteiger charge is 2.27. The van der Waals surface area contributed by atoms with Crippen molar-refractivity contribution in [3.05, 3.63) is 22.5 Å². The molecule has 0 saturated heterocycles. The highest BCUT2D eigenvalue weighted by Crippen LogP contribution is 2.23. The minimum Gasteiger partial charge on any atom is -0.462 e. The summed E-state index contributed by atoms with van der Waals surface area (Å²) in [6.45, 7) is 16.7. The molecule has 1 aromatic heterocycles. The predicted octanol–water partition coefficient (Wildman–Crippen LogP) is 4.12. The normalized spacial score (nSPS) is 11.7. The van der Waals surface area contributed by atoms with Gasteiger partial charge >= 0.3 is 11.9 Å². The van der Waals surface area contributed by atoms with Crippen LogP contribution >= 0.6 is 0 Å². The molecule has 0 atom stereocenters. The largest absolute Gasteiger partial charge is 0.462 e. The average Bonchev–Trinajstić information content (AvgIpc) is 2.90. The maximum atomic E-state index is 12.5. The number of carbonyl (C=O) groups is 2. The third-order valence-electron chi connectivity index (χ3n) is 4.46. The molecule has 0 aromatic carbocycles. The Hall–Kier alpha value is -1.82. The fourth-order valence-electron chi connectivity index (χ4n) is 3.04. The zero-order valence-corrected chi connectivity index (χ0v) is 18.0. The molecule has 1 heterocycles. The maximum absolute atomic E-state index is 12.5. The Balaban J connectivity index is 2.98. The number of aromatic amines is 1. The first-order chi connectivity index (χ1) is 12.6. The smallest absolute Gasteiger partial charge is 0.355 e. The summed E-state index contributed by atoms with van der Waals surface area (Å²) in [5.41, 5.74) is 1.57. The molecule has 0 aliphatic carbocycles. The molecule has 6 heteroatoms. The number of hydrogen-bond donors (Lipinski definition) is 1. The van der Waals surface area contributed by atoms with Gasteiger partial charge in [-0.3, -0.25) is 0 Å². The van der Waals surface area contributed by atoms with Gasteiger partial charge in [-0.15, -0.1) is 0 Å². The van der Waals surface area contributed by atoms with Gasteiger partial charge in [0.15, 0.2) is 0 Å². The van der Waals surface area contributed by atoms with Gasteiger partial charge in [-0.1, -0.05) is 13.8 Å². The molecule has 27 heavy (non-hydrogen) atoms. The van der Waals surface area contributed by atoms with Gasteiger partial charge in [-0.25, -0.2) is 9.59 Å². The lowest BCUT2D eigenvalue weighted by Crippen LogP contribution is -2.24. The molecule has 1 N–H and O–H groups in total.